The fraction of sp³-hybridized carbons (Fsp3) is 0.333. The average Bonchev–Trinajstić information content (AvgIpc) is 2.09. The van der Waals surface area contributed by atoms with Crippen molar-refractivity contribution in [2.45, 2.75) is 26.1 Å². The van der Waals surface area contributed by atoms with Crippen LogP contribution in [0, 0.1) is 11.6 Å². The van der Waals surface area contributed by atoms with Crippen LogP contribution in [0.25, 0.3) is 0 Å². The van der Waals surface area contributed by atoms with Crippen LogP contribution in [-0.2, 0) is 10.8 Å². The van der Waals surface area contributed by atoms with Gasteiger partial charge in [0.15, 0.2) is 0 Å². The van der Waals surface area contributed by atoms with Gasteiger partial charge in [0.1, 0.15) is 11.6 Å². The van der Waals surface area contributed by atoms with E-state index in [1.54, 1.807) is 12.3 Å². The second-order valence-corrected chi connectivity index (χ2v) is 9.04. The maximum Gasteiger partial charge on any atom is 0.241 e. The van der Waals surface area contributed by atoms with E-state index < -0.39 is 20.0 Å². The molecule has 16 heavy (non-hydrogen) atoms. The minimum atomic E-state index is -1.55. The Kier molecular flexibility index (Phi) is 4.24. The van der Waals surface area contributed by atoms with Gasteiger partial charge in [0.25, 0.3) is 0 Å². The molecule has 0 amide bonds. The summed E-state index contributed by atoms with van der Waals surface area (Å²) in [5, 5.41) is 0. The minimum Gasteiger partial charge on any atom is -0.550 e. The lowest BCUT2D eigenvalue weighted by Crippen LogP contribution is -2.21. The quantitative estimate of drug-likeness (QED) is 0.575. The summed E-state index contributed by atoms with van der Waals surface area (Å²) in [5.41, 5.74) is 0.605. The Morgan fingerprint density at radius 3 is 2.19 bits per heavy atom. The Morgan fingerprint density at radius 2 is 1.69 bits per heavy atom. The summed E-state index contributed by atoms with van der Waals surface area (Å²) in [7, 11) is -1.55. The van der Waals surface area contributed by atoms with Gasteiger partial charge in [-0.1, -0.05) is 0 Å². The predicted octanol–water partition coefficient (Wildman–Crippen LogP) is 3.87. The highest BCUT2D eigenvalue weighted by atomic mass is 28.4. The highest BCUT2D eigenvalue weighted by Crippen LogP contribution is 2.09. The van der Waals surface area contributed by atoms with Gasteiger partial charge in [-0.3, -0.25) is 0 Å². The van der Waals surface area contributed by atoms with E-state index in [4.69, 9.17) is 4.43 Å². The molecule has 0 heterocycles. The summed E-state index contributed by atoms with van der Waals surface area (Å²) >= 11 is 0. The number of hydrogen-bond acceptors (Lipinski definition) is 1. The van der Waals surface area contributed by atoms with E-state index in [0.717, 1.165) is 6.07 Å². The third-order valence-corrected chi connectivity index (χ3v) is 2.64. The first-order valence-electron chi connectivity index (χ1n) is 5.14. The van der Waals surface area contributed by atoms with E-state index in [-0.39, 0.29) is 0 Å². The van der Waals surface area contributed by atoms with Crippen LogP contribution in [0.3, 0.4) is 0 Å². The van der Waals surface area contributed by atoms with Crippen LogP contribution in [0.15, 0.2) is 30.5 Å². The zero-order chi connectivity index (χ0) is 12.2. The molecule has 1 nitrogen and oxygen atoms in total. The van der Waals surface area contributed by atoms with E-state index in [9.17, 15) is 8.78 Å². The molecule has 0 aliphatic carbocycles. The van der Waals surface area contributed by atoms with Crippen LogP contribution in [0.1, 0.15) is 5.56 Å². The summed E-state index contributed by atoms with van der Waals surface area (Å²) < 4.78 is 31.2. The fourth-order valence-electron chi connectivity index (χ4n) is 1.17. The summed E-state index contributed by atoms with van der Waals surface area (Å²) in [4.78, 5) is 0. The summed E-state index contributed by atoms with van der Waals surface area (Å²) in [5.74, 6) is -1.09. The van der Waals surface area contributed by atoms with E-state index in [0.29, 0.717) is 12.0 Å². The normalized spacial score (nSPS) is 12.1. The second kappa shape index (κ2) is 5.25. The minimum absolute atomic E-state index is 0.471. The standard InChI is InChI=1S/C12H16F2OSi/c1-16(2,3)15-6-4-5-10-7-11(13)9-12(14)8-10/h4,6-9H,5H2,1-3H3/b6-4+. The topological polar surface area (TPSA) is 9.23 Å². The van der Waals surface area contributed by atoms with Gasteiger partial charge in [-0.2, -0.15) is 0 Å². The molecule has 4 heteroatoms. The van der Waals surface area contributed by atoms with Crippen molar-refractivity contribution in [1.29, 1.82) is 0 Å². The summed E-state index contributed by atoms with van der Waals surface area (Å²) in [6, 6.07) is 3.51. The first kappa shape index (κ1) is 12.9. The second-order valence-electron chi connectivity index (χ2n) is 4.58. The van der Waals surface area contributed by atoms with E-state index in [1.165, 1.54) is 12.1 Å². The van der Waals surface area contributed by atoms with E-state index >= 15 is 0 Å². The number of allylic oxidation sites excluding steroid dienone is 1. The molecule has 0 atom stereocenters. The Labute approximate surface area is 95.9 Å². The molecule has 1 aromatic rings. The van der Waals surface area contributed by atoms with Crippen LogP contribution in [0.4, 0.5) is 8.78 Å². The molecule has 0 aromatic heterocycles. The van der Waals surface area contributed by atoms with Gasteiger partial charge in [-0.05, 0) is 49.8 Å². The van der Waals surface area contributed by atoms with Gasteiger partial charge >= 0.3 is 0 Å². The molecule has 0 aliphatic rings. The summed E-state index contributed by atoms with van der Waals surface area (Å²) in [6.45, 7) is 6.21. The van der Waals surface area contributed by atoms with Crippen molar-refractivity contribution in [2.75, 3.05) is 0 Å². The van der Waals surface area contributed by atoms with Gasteiger partial charge in [-0.25, -0.2) is 8.78 Å². The SMILES string of the molecule is C[Si](C)(C)O/C=C/Cc1cc(F)cc(F)c1. The maximum absolute atomic E-state index is 12.8. The molecule has 0 unspecified atom stereocenters. The van der Waals surface area contributed by atoms with Gasteiger partial charge in [0.05, 0.1) is 6.26 Å². The van der Waals surface area contributed by atoms with Crippen LogP contribution >= 0.6 is 0 Å². The van der Waals surface area contributed by atoms with Crippen molar-refractivity contribution in [3.05, 3.63) is 47.7 Å². The van der Waals surface area contributed by atoms with E-state index in [1.807, 2.05) is 0 Å². The Balaban J connectivity index is 2.55. The van der Waals surface area contributed by atoms with Crippen molar-refractivity contribution < 1.29 is 13.2 Å². The Morgan fingerprint density at radius 1 is 1.12 bits per heavy atom. The largest absolute Gasteiger partial charge is 0.550 e. The maximum atomic E-state index is 12.8. The molecule has 1 aromatic carbocycles. The Bertz CT molecular complexity index is 363. The molecule has 0 fully saturated rings. The third-order valence-electron chi connectivity index (χ3n) is 1.79. The van der Waals surface area contributed by atoms with Gasteiger partial charge in [-0.15, -0.1) is 0 Å². The number of rotatable bonds is 4. The zero-order valence-electron chi connectivity index (χ0n) is 9.76. The molecular weight excluding hydrogens is 226 g/mol. The van der Waals surface area contributed by atoms with Crippen molar-refractivity contribution in [3.8, 4) is 0 Å². The molecule has 0 N–H and O–H groups in total. The average molecular weight is 242 g/mol. The van der Waals surface area contributed by atoms with Gasteiger partial charge in [0.2, 0.25) is 8.32 Å². The Hall–Kier alpha value is -1.16. The molecule has 0 aliphatic heterocycles. The number of hydrogen-bond donors (Lipinski definition) is 0. The smallest absolute Gasteiger partial charge is 0.241 e. The molecule has 0 saturated heterocycles. The van der Waals surface area contributed by atoms with E-state index in [2.05, 4.69) is 19.6 Å². The van der Waals surface area contributed by atoms with Gasteiger partial charge < -0.3 is 4.43 Å². The van der Waals surface area contributed by atoms with Crippen molar-refractivity contribution in [3.63, 3.8) is 0 Å². The zero-order valence-corrected chi connectivity index (χ0v) is 10.8. The van der Waals surface area contributed by atoms with Gasteiger partial charge in [0, 0.05) is 6.07 Å². The molecule has 0 radical (unpaired) electrons. The predicted molar refractivity (Wildman–Crippen MR) is 63.6 cm³/mol. The molecule has 0 saturated carbocycles. The van der Waals surface area contributed by atoms with Crippen molar-refractivity contribution in [1.82, 2.24) is 0 Å². The monoisotopic (exact) mass is 242 g/mol. The fourth-order valence-corrected chi connectivity index (χ4v) is 1.67. The highest BCUT2D eigenvalue weighted by Gasteiger charge is 2.12. The molecule has 0 bridgehead atoms. The highest BCUT2D eigenvalue weighted by molar-refractivity contribution is 6.69. The van der Waals surface area contributed by atoms with Crippen molar-refractivity contribution >= 4 is 8.32 Å². The van der Waals surface area contributed by atoms with Crippen LogP contribution in [-0.4, -0.2) is 8.32 Å². The van der Waals surface area contributed by atoms with Crippen molar-refractivity contribution in [2.24, 2.45) is 0 Å². The molecule has 1 rings (SSSR count). The first-order valence-corrected chi connectivity index (χ1v) is 8.55. The number of halogens is 2. The van der Waals surface area contributed by atoms with Crippen LogP contribution in [0.2, 0.25) is 19.6 Å². The first-order chi connectivity index (χ1) is 7.37. The molecular formula is C12H16F2OSi. The molecule has 0 spiro atoms. The molecule has 88 valence electrons. The lowest BCUT2D eigenvalue weighted by atomic mass is 10.1. The van der Waals surface area contributed by atoms with Crippen LogP contribution in [0.5, 0.6) is 0 Å². The lowest BCUT2D eigenvalue weighted by molar-refractivity contribution is 0.477. The van der Waals surface area contributed by atoms with Crippen LogP contribution < -0.4 is 0 Å². The summed E-state index contributed by atoms with van der Waals surface area (Å²) in [6.07, 6.45) is 3.86. The third kappa shape index (κ3) is 5.07. The number of benzene rings is 1. The lowest BCUT2D eigenvalue weighted by Gasteiger charge is -2.14.